The number of para-hydroxylation sites is 4. The van der Waals surface area contributed by atoms with Crippen molar-refractivity contribution >= 4 is 33.4 Å². The number of aromatic nitrogens is 3. The molecule has 166 valence electrons. The van der Waals surface area contributed by atoms with Gasteiger partial charge in [0.25, 0.3) is 0 Å². The van der Waals surface area contributed by atoms with E-state index in [2.05, 4.69) is 46.2 Å². The van der Waals surface area contributed by atoms with Crippen LogP contribution in [0.2, 0.25) is 0 Å². The van der Waals surface area contributed by atoms with Crippen molar-refractivity contribution in [2.24, 2.45) is 0 Å². The zero-order chi connectivity index (χ0) is 23.2. The number of hydrogen-bond acceptors (Lipinski definition) is 4. The first-order valence-corrected chi connectivity index (χ1v) is 10.8. The summed E-state index contributed by atoms with van der Waals surface area (Å²) in [7, 11) is 1.87. The summed E-state index contributed by atoms with van der Waals surface area (Å²) < 4.78 is 0. The van der Waals surface area contributed by atoms with Crippen LogP contribution in [0.3, 0.4) is 0 Å². The van der Waals surface area contributed by atoms with Gasteiger partial charge in [0.15, 0.2) is 0 Å². The molecule has 0 unspecified atom stereocenters. The average Bonchev–Trinajstić information content (AvgIpc) is 3.21. The summed E-state index contributed by atoms with van der Waals surface area (Å²) in [5, 5.41) is 4.19. The van der Waals surface area contributed by atoms with Gasteiger partial charge >= 0.3 is 0 Å². The third-order valence-electron chi connectivity index (χ3n) is 4.16. The second-order valence-corrected chi connectivity index (χ2v) is 7.10. The van der Waals surface area contributed by atoms with Gasteiger partial charge in [-0.05, 0) is 49.4 Å². The molecule has 5 heteroatoms. The molecule has 0 atom stereocenters. The van der Waals surface area contributed by atoms with Crippen LogP contribution in [0, 0.1) is 6.92 Å². The Morgan fingerprint density at radius 3 is 1.94 bits per heavy atom. The van der Waals surface area contributed by atoms with E-state index >= 15 is 0 Å². The van der Waals surface area contributed by atoms with Crippen molar-refractivity contribution in [2.75, 3.05) is 18.1 Å². The number of fused-ring (bicyclic) bond motifs is 2. The van der Waals surface area contributed by atoms with Gasteiger partial charge in [-0.25, -0.2) is 9.97 Å². The Hall–Kier alpha value is -3.86. The maximum Gasteiger partial charge on any atom is 0.126 e. The van der Waals surface area contributed by atoms with Crippen molar-refractivity contribution in [1.82, 2.24) is 15.0 Å². The molecule has 0 spiro atoms. The largest absolute Gasteiger partial charge is 0.399 e. The van der Waals surface area contributed by atoms with Gasteiger partial charge in [0.1, 0.15) is 11.6 Å². The molecular formula is C27H33N5. The van der Waals surface area contributed by atoms with E-state index in [0.29, 0.717) is 0 Å². The SMILES string of the molecule is CCC.CNc1ccc2ccccc2n1.Cc1nc2ccccc2[nH]1.Nc1ccccc1. The number of aryl methyl sites for hydroxylation is 1. The summed E-state index contributed by atoms with van der Waals surface area (Å²) in [6.07, 6.45) is 1.25. The Morgan fingerprint density at radius 1 is 0.750 bits per heavy atom. The van der Waals surface area contributed by atoms with Crippen LogP contribution in [-0.2, 0) is 0 Å². The van der Waals surface area contributed by atoms with E-state index in [1.165, 1.54) is 11.8 Å². The van der Waals surface area contributed by atoms with Crippen LogP contribution < -0.4 is 11.1 Å². The fourth-order valence-electron chi connectivity index (χ4n) is 2.74. The number of anilines is 2. The normalized spacial score (nSPS) is 9.50. The van der Waals surface area contributed by atoms with Crippen LogP contribution in [0.5, 0.6) is 0 Å². The van der Waals surface area contributed by atoms with E-state index in [9.17, 15) is 0 Å². The number of rotatable bonds is 1. The Labute approximate surface area is 190 Å². The Balaban J connectivity index is 0.000000165. The fourth-order valence-corrected chi connectivity index (χ4v) is 2.74. The smallest absolute Gasteiger partial charge is 0.126 e. The number of nitrogen functional groups attached to an aromatic ring is 1. The maximum atomic E-state index is 5.36. The summed E-state index contributed by atoms with van der Waals surface area (Å²) in [5.74, 6) is 1.88. The van der Waals surface area contributed by atoms with Crippen molar-refractivity contribution in [3.05, 3.63) is 96.8 Å². The second-order valence-electron chi connectivity index (χ2n) is 7.10. The first-order valence-electron chi connectivity index (χ1n) is 10.8. The lowest BCUT2D eigenvalue weighted by Crippen LogP contribution is -1.91. The molecule has 0 fully saturated rings. The molecule has 0 saturated carbocycles. The van der Waals surface area contributed by atoms with Gasteiger partial charge in [-0.1, -0.05) is 68.8 Å². The van der Waals surface area contributed by atoms with E-state index in [1.807, 2.05) is 92.8 Å². The standard InChI is InChI=1S/C10H10N2.C8H8N2.C6H7N.C3H8/c1-11-10-7-6-8-4-2-3-5-9(8)12-10;1-6-9-7-4-2-3-5-8(7)10-6;7-6-4-2-1-3-5-6;1-3-2/h2-7H,1H3,(H,11,12);2-5H,1H3,(H,9,10);1-5H,7H2;3H2,1-2H3. The molecule has 4 N–H and O–H groups in total. The number of pyridine rings is 1. The lowest BCUT2D eigenvalue weighted by Gasteiger charge is -2.00. The maximum absolute atomic E-state index is 5.36. The highest BCUT2D eigenvalue weighted by atomic mass is 15.0. The third kappa shape index (κ3) is 8.11. The van der Waals surface area contributed by atoms with Gasteiger partial charge in [0, 0.05) is 18.1 Å². The molecule has 32 heavy (non-hydrogen) atoms. The highest BCUT2D eigenvalue weighted by Gasteiger charge is 1.94. The van der Waals surface area contributed by atoms with Crippen molar-refractivity contribution < 1.29 is 0 Å². The minimum absolute atomic E-state index is 0.822. The van der Waals surface area contributed by atoms with Gasteiger partial charge < -0.3 is 16.0 Å². The van der Waals surface area contributed by atoms with Crippen molar-refractivity contribution in [3.63, 3.8) is 0 Å². The highest BCUT2D eigenvalue weighted by Crippen LogP contribution is 2.13. The van der Waals surface area contributed by atoms with E-state index in [0.717, 1.165) is 33.9 Å². The molecule has 0 saturated heterocycles. The molecule has 2 heterocycles. The number of benzene rings is 3. The Morgan fingerprint density at radius 2 is 1.34 bits per heavy atom. The lowest BCUT2D eigenvalue weighted by atomic mass is 10.2. The van der Waals surface area contributed by atoms with Gasteiger partial charge in [-0.15, -0.1) is 0 Å². The van der Waals surface area contributed by atoms with Gasteiger partial charge in [0.05, 0.1) is 16.6 Å². The lowest BCUT2D eigenvalue weighted by molar-refractivity contribution is 1.09. The fraction of sp³-hybridized carbons (Fsp3) is 0.185. The van der Waals surface area contributed by atoms with Crippen LogP contribution in [0.15, 0.2) is 91.0 Å². The summed E-state index contributed by atoms with van der Waals surface area (Å²) in [6, 6.07) is 29.6. The molecule has 3 aromatic carbocycles. The molecule has 5 aromatic rings. The number of H-pyrrole nitrogens is 1. The van der Waals surface area contributed by atoms with Crippen LogP contribution >= 0.6 is 0 Å². The summed E-state index contributed by atoms with van der Waals surface area (Å²) >= 11 is 0. The van der Waals surface area contributed by atoms with Crippen molar-refractivity contribution in [1.29, 1.82) is 0 Å². The zero-order valence-corrected chi connectivity index (χ0v) is 19.3. The third-order valence-corrected chi connectivity index (χ3v) is 4.16. The molecular weight excluding hydrogens is 394 g/mol. The number of nitrogens with two attached hydrogens (primary N) is 1. The van der Waals surface area contributed by atoms with Crippen LogP contribution in [-0.4, -0.2) is 22.0 Å². The van der Waals surface area contributed by atoms with E-state index < -0.39 is 0 Å². The quantitative estimate of drug-likeness (QED) is 0.256. The number of nitrogens with one attached hydrogen (secondary N) is 2. The molecule has 0 aliphatic heterocycles. The second kappa shape index (κ2) is 13.4. The van der Waals surface area contributed by atoms with Crippen molar-refractivity contribution in [2.45, 2.75) is 27.2 Å². The van der Waals surface area contributed by atoms with Gasteiger partial charge in [0.2, 0.25) is 0 Å². The molecule has 0 bridgehead atoms. The number of imidazole rings is 1. The average molecular weight is 428 g/mol. The van der Waals surface area contributed by atoms with Crippen LogP contribution in [0.25, 0.3) is 21.9 Å². The van der Waals surface area contributed by atoms with Crippen LogP contribution in [0.4, 0.5) is 11.5 Å². The first-order chi connectivity index (χ1) is 15.6. The minimum Gasteiger partial charge on any atom is -0.399 e. The molecule has 0 aliphatic rings. The molecule has 5 rings (SSSR count). The predicted octanol–water partition coefficient (Wildman–Crippen LogP) is 6.83. The monoisotopic (exact) mass is 427 g/mol. The number of nitrogens with zero attached hydrogens (tertiary/aromatic N) is 2. The first kappa shape index (κ1) is 24.4. The van der Waals surface area contributed by atoms with E-state index in [4.69, 9.17) is 5.73 Å². The van der Waals surface area contributed by atoms with Crippen LogP contribution in [0.1, 0.15) is 26.1 Å². The number of aromatic amines is 1. The summed E-state index contributed by atoms with van der Waals surface area (Å²) in [4.78, 5) is 11.8. The summed E-state index contributed by atoms with van der Waals surface area (Å²) in [6.45, 7) is 6.21. The molecule has 0 amide bonds. The highest BCUT2D eigenvalue weighted by molar-refractivity contribution is 5.80. The zero-order valence-electron chi connectivity index (χ0n) is 19.3. The molecule has 5 nitrogen and oxygen atoms in total. The molecule has 2 aromatic heterocycles. The van der Waals surface area contributed by atoms with Crippen molar-refractivity contribution in [3.8, 4) is 0 Å². The molecule has 0 radical (unpaired) electrons. The van der Waals surface area contributed by atoms with Gasteiger partial charge in [-0.3, -0.25) is 0 Å². The topological polar surface area (TPSA) is 79.6 Å². The number of hydrogen-bond donors (Lipinski definition) is 3. The van der Waals surface area contributed by atoms with Gasteiger partial charge in [-0.2, -0.15) is 0 Å². The summed E-state index contributed by atoms with van der Waals surface area (Å²) in [5.41, 5.74) is 9.36. The predicted molar refractivity (Wildman–Crippen MR) is 139 cm³/mol. The molecule has 0 aliphatic carbocycles. The Bertz CT molecular complexity index is 1150. The minimum atomic E-state index is 0.822. The Kier molecular flexibility index (Phi) is 10.3. The van der Waals surface area contributed by atoms with E-state index in [-0.39, 0.29) is 0 Å². The van der Waals surface area contributed by atoms with E-state index in [1.54, 1.807) is 0 Å².